The molecule has 2 aliphatic rings. The van der Waals surface area contributed by atoms with Crippen LogP contribution in [0.25, 0.3) is 0 Å². The van der Waals surface area contributed by atoms with Gasteiger partial charge in [-0.3, -0.25) is 9.48 Å². The minimum atomic E-state index is -4.50. The zero-order valence-electron chi connectivity index (χ0n) is 15.7. The Labute approximate surface area is 160 Å². The van der Waals surface area contributed by atoms with Gasteiger partial charge >= 0.3 is 6.18 Å². The standard InChI is InChI=1S/C18H23F3N6O/c1-25-11-22-23-17(25)14-8-4-5-9-26(14)15(28)10-27-13-7-3-2-6-12(13)16(24-27)18(19,20)21/h11,14H,2-10H2,1H3. The maximum absolute atomic E-state index is 13.4. The highest BCUT2D eigenvalue weighted by Gasteiger charge is 2.40. The highest BCUT2D eigenvalue weighted by Crippen LogP contribution is 2.36. The van der Waals surface area contributed by atoms with Gasteiger partial charge in [0, 0.05) is 24.8 Å². The van der Waals surface area contributed by atoms with E-state index in [4.69, 9.17) is 0 Å². The average molecular weight is 396 g/mol. The van der Waals surface area contributed by atoms with Crippen molar-refractivity contribution in [3.05, 3.63) is 29.1 Å². The fourth-order valence-electron chi connectivity index (χ4n) is 4.34. The van der Waals surface area contributed by atoms with E-state index in [2.05, 4.69) is 15.3 Å². The summed E-state index contributed by atoms with van der Waals surface area (Å²) < 4.78 is 43.2. The van der Waals surface area contributed by atoms with Gasteiger partial charge in [0.15, 0.2) is 11.5 Å². The Balaban J connectivity index is 1.61. The average Bonchev–Trinajstić information content (AvgIpc) is 3.25. The van der Waals surface area contributed by atoms with Crippen LogP contribution >= 0.6 is 0 Å². The molecule has 1 saturated heterocycles. The van der Waals surface area contributed by atoms with Crippen LogP contribution < -0.4 is 0 Å². The summed E-state index contributed by atoms with van der Waals surface area (Å²) >= 11 is 0. The van der Waals surface area contributed by atoms with Crippen LogP contribution in [0.4, 0.5) is 13.2 Å². The van der Waals surface area contributed by atoms with Crippen molar-refractivity contribution in [3.63, 3.8) is 0 Å². The molecule has 152 valence electrons. The van der Waals surface area contributed by atoms with Crippen molar-refractivity contribution in [1.82, 2.24) is 29.4 Å². The highest BCUT2D eigenvalue weighted by atomic mass is 19.4. The van der Waals surface area contributed by atoms with Crippen LogP contribution in [-0.2, 0) is 37.4 Å². The van der Waals surface area contributed by atoms with Crippen molar-refractivity contribution in [2.45, 2.75) is 63.7 Å². The molecule has 1 atom stereocenters. The first-order chi connectivity index (χ1) is 13.4. The lowest BCUT2D eigenvalue weighted by Gasteiger charge is -2.35. The molecule has 0 aromatic carbocycles. The van der Waals surface area contributed by atoms with Gasteiger partial charge in [0.05, 0.1) is 6.04 Å². The van der Waals surface area contributed by atoms with E-state index in [1.165, 1.54) is 4.68 Å². The summed E-state index contributed by atoms with van der Waals surface area (Å²) in [6, 6.07) is -0.206. The Hall–Kier alpha value is -2.39. The van der Waals surface area contributed by atoms with E-state index in [1.54, 1.807) is 15.8 Å². The summed E-state index contributed by atoms with van der Waals surface area (Å²) in [5.41, 5.74) is -0.0207. The minimum absolute atomic E-state index is 0.174. The Kier molecular flexibility index (Phi) is 4.88. The number of alkyl halides is 3. The third-order valence-corrected chi connectivity index (χ3v) is 5.68. The van der Waals surface area contributed by atoms with Crippen LogP contribution in [0.3, 0.4) is 0 Å². The van der Waals surface area contributed by atoms with Gasteiger partial charge in [0.2, 0.25) is 5.91 Å². The summed E-state index contributed by atoms with van der Waals surface area (Å²) in [5.74, 6) is 0.476. The lowest BCUT2D eigenvalue weighted by Crippen LogP contribution is -2.41. The maximum atomic E-state index is 13.4. The number of halogens is 3. The molecule has 7 nitrogen and oxygen atoms in total. The quantitative estimate of drug-likeness (QED) is 0.800. The monoisotopic (exact) mass is 396 g/mol. The van der Waals surface area contributed by atoms with Gasteiger partial charge in [-0.05, 0) is 44.9 Å². The Morgan fingerprint density at radius 2 is 2.00 bits per heavy atom. The van der Waals surface area contributed by atoms with E-state index in [9.17, 15) is 18.0 Å². The number of carbonyl (C=O) groups is 1. The van der Waals surface area contributed by atoms with E-state index in [-0.39, 0.29) is 24.1 Å². The Morgan fingerprint density at radius 3 is 2.71 bits per heavy atom. The van der Waals surface area contributed by atoms with Crippen LogP contribution in [0.5, 0.6) is 0 Å². The molecule has 2 aromatic heterocycles. The van der Waals surface area contributed by atoms with Gasteiger partial charge in [-0.15, -0.1) is 10.2 Å². The molecule has 1 amide bonds. The smallest absolute Gasteiger partial charge is 0.331 e. The fourth-order valence-corrected chi connectivity index (χ4v) is 4.34. The molecule has 0 bridgehead atoms. The third-order valence-electron chi connectivity index (χ3n) is 5.68. The second-order valence-electron chi connectivity index (χ2n) is 7.54. The molecule has 3 heterocycles. The van der Waals surface area contributed by atoms with Gasteiger partial charge in [0.25, 0.3) is 0 Å². The lowest BCUT2D eigenvalue weighted by molar-refractivity contribution is -0.143. The van der Waals surface area contributed by atoms with E-state index in [1.807, 2.05) is 7.05 Å². The van der Waals surface area contributed by atoms with Crippen molar-refractivity contribution in [2.75, 3.05) is 6.54 Å². The molecule has 0 saturated carbocycles. The number of nitrogens with zero attached hydrogens (tertiary/aromatic N) is 6. The lowest BCUT2D eigenvalue weighted by atomic mass is 9.95. The zero-order chi connectivity index (χ0) is 19.9. The molecule has 10 heteroatoms. The third kappa shape index (κ3) is 3.40. The normalized spacial score (nSPS) is 20.3. The zero-order valence-corrected chi connectivity index (χ0v) is 15.7. The molecular weight excluding hydrogens is 373 g/mol. The topological polar surface area (TPSA) is 68.8 Å². The van der Waals surface area contributed by atoms with Crippen molar-refractivity contribution in [1.29, 1.82) is 0 Å². The van der Waals surface area contributed by atoms with Crippen molar-refractivity contribution >= 4 is 5.91 Å². The molecule has 2 aromatic rings. The first-order valence-corrected chi connectivity index (χ1v) is 9.65. The number of aromatic nitrogens is 5. The number of carbonyl (C=O) groups excluding carboxylic acids is 1. The van der Waals surface area contributed by atoms with Crippen LogP contribution in [-0.4, -0.2) is 41.9 Å². The van der Waals surface area contributed by atoms with Crippen LogP contribution in [0.15, 0.2) is 6.33 Å². The summed E-state index contributed by atoms with van der Waals surface area (Å²) in [6.45, 7) is 0.388. The molecule has 0 spiro atoms. The molecular formula is C18H23F3N6O. The van der Waals surface area contributed by atoms with E-state index < -0.39 is 11.9 Å². The summed E-state index contributed by atoms with van der Waals surface area (Å²) in [4.78, 5) is 14.8. The first-order valence-electron chi connectivity index (χ1n) is 9.65. The second-order valence-corrected chi connectivity index (χ2v) is 7.54. The minimum Gasteiger partial charge on any atom is -0.331 e. The number of amides is 1. The second kappa shape index (κ2) is 7.21. The fraction of sp³-hybridized carbons (Fsp3) is 0.667. The Bertz CT molecular complexity index is 871. The van der Waals surface area contributed by atoms with Gasteiger partial charge in [-0.1, -0.05) is 0 Å². The summed E-state index contributed by atoms with van der Waals surface area (Å²) in [7, 11) is 1.83. The van der Waals surface area contributed by atoms with Crippen molar-refractivity contribution < 1.29 is 18.0 Å². The summed E-state index contributed by atoms with van der Waals surface area (Å²) in [6.07, 6.45) is 2.12. The highest BCUT2D eigenvalue weighted by molar-refractivity contribution is 5.76. The van der Waals surface area contributed by atoms with E-state index >= 15 is 0 Å². The van der Waals surface area contributed by atoms with Gasteiger partial charge in [0.1, 0.15) is 12.9 Å². The number of rotatable bonds is 3. The number of likely N-dealkylation sites (tertiary alicyclic amines) is 1. The number of hydrogen-bond donors (Lipinski definition) is 0. The molecule has 1 fully saturated rings. The first kappa shape index (κ1) is 18.9. The maximum Gasteiger partial charge on any atom is 0.435 e. The van der Waals surface area contributed by atoms with Crippen molar-refractivity contribution in [3.8, 4) is 0 Å². The largest absolute Gasteiger partial charge is 0.435 e. The number of hydrogen-bond acceptors (Lipinski definition) is 4. The molecule has 0 N–H and O–H groups in total. The van der Waals surface area contributed by atoms with Crippen LogP contribution in [0.2, 0.25) is 0 Å². The van der Waals surface area contributed by atoms with Crippen molar-refractivity contribution in [2.24, 2.45) is 7.05 Å². The molecule has 1 unspecified atom stereocenters. The van der Waals surface area contributed by atoms with Crippen LogP contribution in [0, 0.1) is 0 Å². The van der Waals surface area contributed by atoms with Gasteiger partial charge < -0.3 is 9.47 Å². The molecule has 4 rings (SSSR count). The molecule has 1 aliphatic heterocycles. The van der Waals surface area contributed by atoms with Crippen LogP contribution in [0.1, 0.15) is 60.9 Å². The number of aryl methyl sites for hydroxylation is 1. The molecule has 1 aliphatic carbocycles. The van der Waals surface area contributed by atoms with Gasteiger partial charge in [-0.2, -0.15) is 18.3 Å². The molecule has 0 radical (unpaired) electrons. The SMILES string of the molecule is Cn1cnnc1C1CCCCN1C(=O)Cn1nc(C(F)(F)F)c2c1CCCC2. The predicted molar refractivity (Wildman–Crippen MR) is 93.2 cm³/mol. The van der Waals surface area contributed by atoms with Gasteiger partial charge in [-0.25, -0.2) is 0 Å². The number of piperidine rings is 1. The number of fused-ring (bicyclic) bond motifs is 1. The Morgan fingerprint density at radius 1 is 1.21 bits per heavy atom. The summed E-state index contributed by atoms with van der Waals surface area (Å²) in [5, 5.41) is 11.8. The predicted octanol–water partition coefficient (Wildman–Crippen LogP) is 2.66. The van der Waals surface area contributed by atoms with E-state index in [0.717, 1.165) is 32.1 Å². The van der Waals surface area contributed by atoms with E-state index in [0.29, 0.717) is 30.9 Å². The molecule has 28 heavy (non-hydrogen) atoms.